The minimum Gasteiger partial charge on any atom is -0.479 e. The van der Waals surface area contributed by atoms with Gasteiger partial charge in [-0.1, -0.05) is 6.42 Å². The van der Waals surface area contributed by atoms with E-state index < -0.39 is 5.97 Å². The summed E-state index contributed by atoms with van der Waals surface area (Å²) in [6.07, 6.45) is 11.5. The number of hydrogen-bond acceptors (Lipinski definition) is 1. The average molecular weight is 478 g/mol. The van der Waals surface area contributed by atoms with Gasteiger partial charge >= 0.3 is 5.97 Å². The molecule has 0 spiro atoms. The van der Waals surface area contributed by atoms with E-state index in [1.54, 1.807) is 12.2 Å². The molecule has 0 aromatic carbocycles. The van der Waals surface area contributed by atoms with Crippen molar-refractivity contribution in [2.45, 2.75) is 40.5 Å². The predicted molar refractivity (Wildman–Crippen MR) is 64.1 cm³/mol. The Morgan fingerprint density at radius 3 is 1.94 bits per heavy atom. The van der Waals surface area contributed by atoms with Crippen LogP contribution in [0.1, 0.15) is 40.5 Å². The van der Waals surface area contributed by atoms with Crippen molar-refractivity contribution in [3.63, 3.8) is 0 Å². The van der Waals surface area contributed by atoms with E-state index in [1.807, 2.05) is 40.5 Å². The summed E-state index contributed by atoms with van der Waals surface area (Å²) in [4.78, 5) is 10.2. The van der Waals surface area contributed by atoms with Gasteiger partial charge in [0, 0.05) is 0 Å². The molecule has 0 aromatic rings. The number of carboxylic acids is 1. The van der Waals surface area contributed by atoms with Crippen LogP contribution >= 0.6 is 0 Å². The summed E-state index contributed by atoms with van der Waals surface area (Å²) in [7, 11) is 0. The fraction of sp³-hybridized carbons (Fsp3) is 0.462. The molecular formula is C13H21HsO2-3. The Morgan fingerprint density at radius 2 is 1.75 bits per heavy atom. The standard InChI is InChI=1S/C7H7O2.2C3H7.Hs/c8-7(9)6-4-2-1-3-5-6;2*1-3-2;/h2,4H,3,5H2,(H,8,9);2*3H,1-2H3;/q3*-1;. The first-order valence-electron chi connectivity index (χ1n) is 5.10. The van der Waals surface area contributed by atoms with Crippen LogP contribution in [0.15, 0.2) is 17.7 Å². The zero-order valence-corrected chi connectivity index (χ0v) is 17.3. The van der Waals surface area contributed by atoms with Crippen molar-refractivity contribution in [3.8, 4) is 0 Å². The number of aliphatic carboxylic acids is 1. The van der Waals surface area contributed by atoms with Gasteiger partial charge in [0.25, 0.3) is 0 Å². The van der Waals surface area contributed by atoms with Crippen molar-refractivity contribution in [3.05, 3.63) is 36.6 Å². The molecule has 0 bridgehead atoms. The van der Waals surface area contributed by atoms with Gasteiger partial charge in [-0.3, -0.25) is 6.08 Å². The zero-order chi connectivity index (χ0) is 12.1. The summed E-state index contributed by atoms with van der Waals surface area (Å²) in [5, 5.41) is 8.42. The number of hydrogen-bond donors (Lipinski definition) is 1. The van der Waals surface area contributed by atoms with Gasteiger partial charge in [0.2, 0.25) is 0 Å². The molecule has 0 aliphatic heterocycles. The molecule has 1 rings (SSSR count). The van der Waals surface area contributed by atoms with Crippen LogP contribution in [0, 0.1) is 18.9 Å². The van der Waals surface area contributed by atoms with Crippen LogP contribution in [0.4, 0.5) is 0 Å². The third-order valence-electron chi connectivity index (χ3n) is 1.22. The molecular weight excluding hydrogens is 457 g/mol. The normalized spacial score (nSPS) is 11.9. The summed E-state index contributed by atoms with van der Waals surface area (Å²) in [6.45, 7) is 8.00. The summed E-state index contributed by atoms with van der Waals surface area (Å²) < 4.78 is 0. The van der Waals surface area contributed by atoms with Gasteiger partial charge in [0.1, 0.15) is 0 Å². The first kappa shape index (κ1) is 19.5. The van der Waals surface area contributed by atoms with Crippen molar-refractivity contribution in [1.29, 1.82) is 0 Å². The molecule has 0 aromatic heterocycles. The van der Waals surface area contributed by atoms with E-state index in [0.717, 1.165) is 6.42 Å². The fourth-order valence-electron chi connectivity index (χ4n) is 0.711. The third kappa shape index (κ3) is 14.5. The van der Waals surface area contributed by atoms with Crippen LogP contribution in [-0.2, 0) is 4.79 Å². The Morgan fingerprint density at radius 1 is 1.31 bits per heavy atom. The van der Waals surface area contributed by atoms with Gasteiger partial charge in [-0.25, -0.2) is 16.9 Å². The summed E-state index contributed by atoms with van der Waals surface area (Å²) >= 11 is 0. The fourth-order valence-corrected chi connectivity index (χ4v) is 0.711. The van der Waals surface area contributed by atoms with Crippen LogP contribution in [-0.4, -0.2) is 11.1 Å². The second kappa shape index (κ2) is 15.4. The first-order valence-corrected chi connectivity index (χ1v) is 5.10. The van der Waals surface area contributed by atoms with Gasteiger partial charge < -0.3 is 17.9 Å². The maximum atomic E-state index is 10.2. The maximum absolute atomic E-state index is 10.2. The van der Waals surface area contributed by atoms with Gasteiger partial charge in [0.15, 0.2) is 0 Å². The second-order valence-corrected chi connectivity index (χ2v) is 3.02. The smallest absolute Gasteiger partial charge is 0.313 e. The minimum atomic E-state index is -0.812. The Labute approximate surface area is 93.7 Å². The van der Waals surface area contributed by atoms with Crippen LogP contribution in [0.2, 0.25) is 0 Å². The van der Waals surface area contributed by atoms with Crippen molar-refractivity contribution in [1.82, 2.24) is 0 Å². The van der Waals surface area contributed by atoms with Crippen LogP contribution in [0.3, 0.4) is 0 Å². The Bertz CT molecular complexity index is 206. The van der Waals surface area contributed by atoms with Crippen molar-refractivity contribution >= 4 is 5.97 Å². The Balaban J connectivity index is -0.000000207. The predicted octanol–water partition coefficient (Wildman–Crippen LogP) is 3.61. The van der Waals surface area contributed by atoms with E-state index in [1.165, 1.54) is 0 Å². The van der Waals surface area contributed by atoms with E-state index >= 15 is 0 Å². The average Bonchev–Trinajstić information content (AvgIpc) is 2.21. The number of rotatable bonds is 1. The number of carbonyl (C=O) groups is 1. The number of carboxylic acid groups (broad SMARTS) is 1. The molecule has 0 saturated heterocycles. The molecule has 1 aliphatic carbocycles. The van der Waals surface area contributed by atoms with Gasteiger partial charge in [0.05, 0.1) is 0 Å². The molecule has 90 valence electrons. The SMILES string of the molecule is C[CH-]C.C[CH-]C.O=C(O)C1=CC=[C-]CC1.[Hs]. The van der Waals surface area contributed by atoms with Crippen LogP contribution in [0.25, 0.3) is 0 Å². The number of allylic oxidation sites excluding steroid dienone is 3. The zero-order valence-electron chi connectivity index (χ0n) is 10.8. The molecule has 3 heteroatoms. The molecule has 0 fully saturated rings. The molecule has 0 unspecified atom stereocenters. The van der Waals surface area contributed by atoms with Crippen LogP contribution < -0.4 is 0 Å². The quantitative estimate of drug-likeness (QED) is 0.585. The molecule has 2 nitrogen and oxygen atoms in total. The molecule has 16 heavy (non-hydrogen) atoms. The van der Waals surface area contributed by atoms with E-state index in [4.69, 9.17) is 5.11 Å². The van der Waals surface area contributed by atoms with Crippen molar-refractivity contribution in [2.75, 3.05) is 0 Å². The Hall–Kier alpha value is -2.05. The molecule has 1 aliphatic rings. The summed E-state index contributed by atoms with van der Waals surface area (Å²) in [5.41, 5.74) is 0.480. The monoisotopic (exact) mass is 478 g/mol. The molecule has 1 N–H and O–H groups in total. The van der Waals surface area contributed by atoms with Gasteiger partial charge in [-0.2, -0.15) is 27.7 Å². The van der Waals surface area contributed by atoms with Gasteiger partial charge in [-0.15, -0.1) is 6.42 Å². The molecule has 0 amide bonds. The largest absolute Gasteiger partial charge is 0.479 e. The molecule has 0 heterocycles. The van der Waals surface area contributed by atoms with Crippen LogP contribution in [0.5, 0.6) is 0 Å². The third-order valence-corrected chi connectivity index (χ3v) is 1.22. The van der Waals surface area contributed by atoms with E-state index in [2.05, 4.69) is 6.08 Å². The summed E-state index contributed by atoms with van der Waals surface area (Å²) in [5.74, 6) is -0.812. The molecule has 0 radical (unpaired) electrons. The minimum absolute atomic E-state index is 0. The van der Waals surface area contributed by atoms with E-state index in [0.29, 0.717) is 12.0 Å². The topological polar surface area (TPSA) is 37.3 Å². The molecule has 0 atom stereocenters. The Kier molecular flexibility index (Phi) is 18.8. The van der Waals surface area contributed by atoms with E-state index in [9.17, 15) is 4.79 Å². The van der Waals surface area contributed by atoms with Crippen molar-refractivity contribution < 1.29 is 9.90 Å². The molecule has 0 saturated carbocycles. The first-order chi connectivity index (χ1) is 7.13. The second-order valence-electron chi connectivity index (χ2n) is 3.02. The van der Waals surface area contributed by atoms with Gasteiger partial charge in [-0.05, 0) is 5.57 Å². The maximum Gasteiger partial charge on any atom is 0.313 e. The summed E-state index contributed by atoms with van der Waals surface area (Å²) in [6, 6.07) is 0. The van der Waals surface area contributed by atoms with Crippen molar-refractivity contribution in [2.24, 2.45) is 0 Å². The van der Waals surface area contributed by atoms with E-state index in [-0.39, 0.29) is 0 Å².